The molecule has 0 spiro atoms. The molecule has 2 aromatic rings. The number of hydrogen-bond donors (Lipinski definition) is 2. The molecule has 2 aromatic carbocycles. The fourth-order valence-corrected chi connectivity index (χ4v) is 2.57. The molecular formula is C20H18ClN3O5. The topological polar surface area (TPSA) is 110 Å². The number of rotatable bonds is 7. The molecule has 0 aliphatic carbocycles. The van der Waals surface area contributed by atoms with Crippen molar-refractivity contribution in [3.8, 4) is 17.6 Å². The Labute approximate surface area is 172 Å². The van der Waals surface area contributed by atoms with Gasteiger partial charge in [-0.25, -0.2) is 4.79 Å². The first kappa shape index (κ1) is 21.6. The summed E-state index contributed by atoms with van der Waals surface area (Å²) in [6.45, 7) is 0. The van der Waals surface area contributed by atoms with Crippen molar-refractivity contribution in [1.29, 1.82) is 5.26 Å². The third kappa shape index (κ3) is 5.18. The van der Waals surface area contributed by atoms with E-state index in [0.717, 1.165) is 0 Å². The van der Waals surface area contributed by atoms with Crippen LogP contribution in [-0.4, -0.2) is 33.2 Å². The first-order valence-corrected chi connectivity index (χ1v) is 8.60. The van der Waals surface area contributed by atoms with E-state index in [0.29, 0.717) is 22.2 Å². The lowest BCUT2D eigenvalue weighted by Gasteiger charge is -2.12. The number of esters is 1. The number of para-hydroxylation sites is 1. The lowest BCUT2D eigenvalue weighted by molar-refractivity contribution is -0.112. The molecule has 0 bridgehead atoms. The van der Waals surface area contributed by atoms with Crippen molar-refractivity contribution >= 4 is 34.9 Å². The van der Waals surface area contributed by atoms with E-state index in [1.807, 2.05) is 0 Å². The molecule has 0 atom stereocenters. The number of benzene rings is 2. The molecule has 29 heavy (non-hydrogen) atoms. The highest BCUT2D eigenvalue weighted by molar-refractivity contribution is 6.32. The average molecular weight is 416 g/mol. The summed E-state index contributed by atoms with van der Waals surface area (Å²) in [7, 11) is 4.15. The van der Waals surface area contributed by atoms with Gasteiger partial charge in [-0.15, -0.1) is 0 Å². The molecule has 9 heteroatoms. The minimum atomic E-state index is -0.712. The van der Waals surface area contributed by atoms with Gasteiger partial charge in [-0.3, -0.25) is 4.79 Å². The molecule has 0 saturated heterocycles. The second kappa shape index (κ2) is 10.0. The number of nitriles is 1. The molecule has 0 radical (unpaired) electrons. The Kier molecular flexibility index (Phi) is 7.46. The minimum absolute atomic E-state index is 0.165. The Morgan fingerprint density at radius 1 is 1.07 bits per heavy atom. The Hall–Kier alpha value is -3.70. The van der Waals surface area contributed by atoms with Gasteiger partial charge in [0.1, 0.15) is 23.1 Å². The molecule has 0 aliphatic rings. The second-order valence-corrected chi connectivity index (χ2v) is 5.90. The zero-order valence-electron chi connectivity index (χ0n) is 15.9. The first-order chi connectivity index (χ1) is 13.9. The maximum atomic E-state index is 12.5. The molecule has 2 rings (SSSR count). The predicted molar refractivity (Wildman–Crippen MR) is 108 cm³/mol. The highest BCUT2D eigenvalue weighted by atomic mass is 35.5. The van der Waals surface area contributed by atoms with Crippen LogP contribution in [0.1, 0.15) is 10.4 Å². The van der Waals surface area contributed by atoms with Gasteiger partial charge in [0, 0.05) is 18.3 Å². The highest BCUT2D eigenvalue weighted by Crippen LogP contribution is 2.35. The second-order valence-electron chi connectivity index (χ2n) is 5.49. The van der Waals surface area contributed by atoms with E-state index in [4.69, 9.17) is 21.1 Å². The minimum Gasteiger partial charge on any atom is -0.495 e. The van der Waals surface area contributed by atoms with Crippen molar-refractivity contribution in [1.82, 2.24) is 0 Å². The van der Waals surface area contributed by atoms with Gasteiger partial charge >= 0.3 is 5.97 Å². The van der Waals surface area contributed by atoms with Crippen LogP contribution >= 0.6 is 11.6 Å². The van der Waals surface area contributed by atoms with Gasteiger partial charge in [-0.05, 0) is 12.1 Å². The van der Waals surface area contributed by atoms with Crippen LogP contribution in [0.2, 0.25) is 5.02 Å². The normalized spacial score (nSPS) is 10.5. The van der Waals surface area contributed by atoms with Gasteiger partial charge in [0.25, 0.3) is 5.91 Å². The lowest BCUT2D eigenvalue weighted by Crippen LogP contribution is -2.17. The summed E-state index contributed by atoms with van der Waals surface area (Å²) in [6, 6.07) is 11.2. The SMILES string of the molecule is COC(=O)c1ccccc1NC(=O)/C(C#N)=C\Nc1cc(OC)c(Cl)cc1OC. The number of methoxy groups -OCH3 is 3. The number of ether oxygens (including phenoxy) is 3. The summed E-state index contributed by atoms with van der Waals surface area (Å²) < 4.78 is 15.1. The van der Waals surface area contributed by atoms with Crippen LogP contribution in [0.25, 0.3) is 0 Å². The zero-order chi connectivity index (χ0) is 21.4. The monoisotopic (exact) mass is 415 g/mol. The largest absolute Gasteiger partial charge is 0.495 e. The van der Waals surface area contributed by atoms with Crippen molar-refractivity contribution in [3.05, 3.63) is 58.8 Å². The van der Waals surface area contributed by atoms with Crippen molar-refractivity contribution in [2.24, 2.45) is 0 Å². The van der Waals surface area contributed by atoms with Crippen molar-refractivity contribution in [2.75, 3.05) is 32.0 Å². The summed E-state index contributed by atoms with van der Waals surface area (Å²) in [5.41, 5.74) is 0.582. The molecular weight excluding hydrogens is 398 g/mol. The van der Waals surface area contributed by atoms with Gasteiger partial charge in [-0.2, -0.15) is 5.26 Å². The van der Waals surface area contributed by atoms with Gasteiger partial charge < -0.3 is 24.8 Å². The highest BCUT2D eigenvalue weighted by Gasteiger charge is 2.16. The molecule has 2 N–H and O–H groups in total. The zero-order valence-corrected chi connectivity index (χ0v) is 16.7. The van der Waals surface area contributed by atoms with Crippen LogP contribution in [0.5, 0.6) is 11.5 Å². The molecule has 0 aliphatic heterocycles. The molecule has 1 amide bonds. The fraction of sp³-hybridized carbons (Fsp3) is 0.150. The van der Waals surface area contributed by atoms with Gasteiger partial charge in [0.05, 0.1) is 43.3 Å². The number of carbonyl (C=O) groups excluding carboxylic acids is 2. The first-order valence-electron chi connectivity index (χ1n) is 8.22. The standard InChI is InChI=1S/C20H18ClN3O5/c1-27-17-9-16(18(28-2)8-14(17)21)23-11-12(10-22)19(25)24-15-7-5-4-6-13(15)20(26)29-3/h4-9,11,23H,1-3H3,(H,24,25)/b12-11-. The predicted octanol–water partition coefficient (Wildman–Crippen LogP) is 3.60. The van der Waals surface area contributed by atoms with Gasteiger partial charge in [-0.1, -0.05) is 23.7 Å². The Bertz CT molecular complexity index is 998. The molecule has 150 valence electrons. The van der Waals surface area contributed by atoms with Crippen LogP contribution in [-0.2, 0) is 9.53 Å². The van der Waals surface area contributed by atoms with E-state index in [-0.39, 0.29) is 16.8 Å². The molecule has 0 fully saturated rings. The van der Waals surface area contributed by atoms with E-state index in [9.17, 15) is 14.9 Å². The molecule has 0 aromatic heterocycles. The summed E-state index contributed by atoms with van der Waals surface area (Å²) >= 11 is 6.06. The number of halogens is 1. The van der Waals surface area contributed by atoms with Crippen molar-refractivity contribution in [3.63, 3.8) is 0 Å². The molecule has 0 saturated carbocycles. The number of nitrogens with one attached hydrogen (secondary N) is 2. The third-order valence-electron chi connectivity index (χ3n) is 3.79. The van der Waals surface area contributed by atoms with E-state index < -0.39 is 11.9 Å². The van der Waals surface area contributed by atoms with Crippen LogP contribution in [0.15, 0.2) is 48.2 Å². The van der Waals surface area contributed by atoms with E-state index in [1.165, 1.54) is 45.7 Å². The van der Waals surface area contributed by atoms with E-state index >= 15 is 0 Å². The fourth-order valence-electron chi connectivity index (χ4n) is 2.34. The number of carbonyl (C=O) groups is 2. The summed E-state index contributed by atoms with van der Waals surface area (Å²) in [5, 5.41) is 15.1. The van der Waals surface area contributed by atoms with Gasteiger partial charge in [0.15, 0.2) is 0 Å². The van der Waals surface area contributed by atoms with Crippen LogP contribution in [0.3, 0.4) is 0 Å². The average Bonchev–Trinajstić information content (AvgIpc) is 2.74. The van der Waals surface area contributed by atoms with Crippen LogP contribution in [0, 0.1) is 11.3 Å². The Morgan fingerprint density at radius 2 is 1.76 bits per heavy atom. The summed E-state index contributed by atoms with van der Waals surface area (Å²) in [6.07, 6.45) is 1.21. The number of hydrogen-bond acceptors (Lipinski definition) is 7. The number of anilines is 2. The lowest BCUT2D eigenvalue weighted by atomic mass is 10.1. The van der Waals surface area contributed by atoms with Crippen LogP contribution in [0.4, 0.5) is 11.4 Å². The number of nitrogens with zero attached hydrogens (tertiary/aromatic N) is 1. The summed E-state index contributed by atoms with van der Waals surface area (Å²) in [5.74, 6) is -0.546. The smallest absolute Gasteiger partial charge is 0.339 e. The Morgan fingerprint density at radius 3 is 2.38 bits per heavy atom. The van der Waals surface area contributed by atoms with Crippen LogP contribution < -0.4 is 20.1 Å². The third-order valence-corrected chi connectivity index (χ3v) is 4.09. The summed E-state index contributed by atoms with van der Waals surface area (Å²) in [4.78, 5) is 24.3. The number of amides is 1. The molecule has 0 unspecified atom stereocenters. The quantitative estimate of drug-likeness (QED) is 0.404. The van der Waals surface area contributed by atoms with Crippen molar-refractivity contribution in [2.45, 2.75) is 0 Å². The Balaban J connectivity index is 2.27. The maximum absolute atomic E-state index is 12.5. The van der Waals surface area contributed by atoms with Crippen molar-refractivity contribution < 1.29 is 23.8 Å². The molecule has 8 nitrogen and oxygen atoms in total. The van der Waals surface area contributed by atoms with E-state index in [1.54, 1.807) is 24.3 Å². The molecule has 0 heterocycles. The van der Waals surface area contributed by atoms with Gasteiger partial charge in [0.2, 0.25) is 0 Å². The maximum Gasteiger partial charge on any atom is 0.339 e. The van der Waals surface area contributed by atoms with E-state index in [2.05, 4.69) is 15.4 Å².